The molecule has 1 unspecified atom stereocenters. The number of carbonyl (C=O) groups excluding carboxylic acids is 2. The maximum Gasteiger partial charge on any atom is 0.271 e. The van der Waals surface area contributed by atoms with Gasteiger partial charge in [-0.05, 0) is 38.0 Å². The molecule has 1 N–H and O–H groups in total. The minimum absolute atomic E-state index is 0.0211. The third kappa shape index (κ3) is 3.88. The van der Waals surface area contributed by atoms with Gasteiger partial charge in [-0.1, -0.05) is 13.8 Å². The van der Waals surface area contributed by atoms with Crippen molar-refractivity contribution in [2.75, 3.05) is 4.90 Å². The molecular formula is C20H22F2N4O2S. The zero-order chi connectivity index (χ0) is 20.9. The highest BCUT2D eigenvalue weighted by Crippen LogP contribution is 2.41. The second-order valence-corrected chi connectivity index (χ2v) is 9.55. The lowest BCUT2D eigenvalue weighted by Crippen LogP contribution is -2.52. The van der Waals surface area contributed by atoms with Gasteiger partial charge in [0.1, 0.15) is 5.69 Å². The van der Waals surface area contributed by atoms with Crippen molar-refractivity contribution in [3.05, 3.63) is 34.6 Å². The molecule has 0 radical (unpaired) electrons. The largest absolute Gasteiger partial charge is 0.347 e. The predicted molar refractivity (Wildman–Crippen MR) is 105 cm³/mol. The molecule has 1 atom stereocenters. The van der Waals surface area contributed by atoms with Crippen LogP contribution in [0.4, 0.5) is 19.6 Å². The van der Waals surface area contributed by atoms with Gasteiger partial charge in [0.25, 0.3) is 5.91 Å². The molecule has 2 aromatic heterocycles. The van der Waals surface area contributed by atoms with Crippen molar-refractivity contribution in [1.82, 2.24) is 15.3 Å². The summed E-state index contributed by atoms with van der Waals surface area (Å²) in [7, 11) is 0. The summed E-state index contributed by atoms with van der Waals surface area (Å²) >= 11 is 1.15. The molecule has 9 heteroatoms. The number of hydrogen-bond donors (Lipinski definition) is 1. The normalized spacial score (nSPS) is 20.1. The standard InChI is InChI=1S/C20H22F2N4O2S/c1-10-16(17(27)23-13-6-7-20(13,2)3)25-19(29-10)26(18(28)11-4-5-11)12-8-14(21)24-15(22)9-12/h8-9,11,13H,4-7H2,1-3H3,(H,23,27). The van der Waals surface area contributed by atoms with Crippen LogP contribution in [0.25, 0.3) is 0 Å². The number of hydrogen-bond acceptors (Lipinski definition) is 5. The van der Waals surface area contributed by atoms with Crippen LogP contribution in [0.2, 0.25) is 0 Å². The topological polar surface area (TPSA) is 75.2 Å². The second-order valence-electron chi connectivity index (χ2n) is 8.37. The molecule has 2 aromatic rings. The summed E-state index contributed by atoms with van der Waals surface area (Å²) in [6.07, 6.45) is 3.40. The molecule has 2 fully saturated rings. The number of halogens is 2. The number of rotatable bonds is 5. The van der Waals surface area contributed by atoms with Crippen molar-refractivity contribution in [2.24, 2.45) is 11.3 Å². The average Bonchev–Trinajstić information content (AvgIpc) is 3.41. The predicted octanol–water partition coefficient (Wildman–Crippen LogP) is 4.12. The number of carbonyl (C=O) groups is 2. The summed E-state index contributed by atoms with van der Waals surface area (Å²) in [4.78, 5) is 34.9. The number of thiazole rings is 1. The molecule has 2 saturated carbocycles. The number of pyridine rings is 1. The van der Waals surface area contributed by atoms with Crippen LogP contribution in [0, 0.1) is 30.2 Å². The van der Waals surface area contributed by atoms with Crippen LogP contribution in [0.3, 0.4) is 0 Å². The fourth-order valence-corrected chi connectivity index (χ4v) is 4.41. The first-order valence-corrected chi connectivity index (χ1v) is 10.4. The summed E-state index contributed by atoms with van der Waals surface area (Å²) < 4.78 is 27.4. The first-order chi connectivity index (χ1) is 13.7. The molecule has 2 aliphatic rings. The van der Waals surface area contributed by atoms with Crippen LogP contribution in [-0.4, -0.2) is 27.8 Å². The summed E-state index contributed by atoms with van der Waals surface area (Å²) in [5.74, 6) is -2.82. The lowest BCUT2D eigenvalue weighted by atomic mass is 9.67. The number of anilines is 2. The smallest absolute Gasteiger partial charge is 0.271 e. The molecule has 2 heterocycles. The minimum Gasteiger partial charge on any atom is -0.347 e. The van der Waals surface area contributed by atoms with E-state index >= 15 is 0 Å². The maximum atomic E-state index is 13.7. The van der Waals surface area contributed by atoms with Gasteiger partial charge in [0.15, 0.2) is 5.13 Å². The Hall–Kier alpha value is -2.42. The minimum atomic E-state index is -1.02. The van der Waals surface area contributed by atoms with Crippen molar-refractivity contribution in [3.63, 3.8) is 0 Å². The van der Waals surface area contributed by atoms with Gasteiger partial charge in [-0.25, -0.2) is 4.98 Å². The van der Waals surface area contributed by atoms with Crippen LogP contribution >= 0.6 is 11.3 Å². The molecule has 2 amide bonds. The molecule has 0 aliphatic heterocycles. The molecule has 29 heavy (non-hydrogen) atoms. The average molecular weight is 420 g/mol. The monoisotopic (exact) mass is 420 g/mol. The molecule has 0 bridgehead atoms. The van der Waals surface area contributed by atoms with E-state index in [9.17, 15) is 18.4 Å². The molecule has 2 aliphatic carbocycles. The van der Waals surface area contributed by atoms with Gasteiger partial charge in [0.2, 0.25) is 17.8 Å². The molecule has 0 aromatic carbocycles. The van der Waals surface area contributed by atoms with E-state index in [4.69, 9.17) is 0 Å². The first-order valence-electron chi connectivity index (χ1n) is 9.61. The quantitative estimate of drug-likeness (QED) is 0.739. The van der Waals surface area contributed by atoms with Crippen molar-refractivity contribution in [1.29, 1.82) is 0 Å². The van der Waals surface area contributed by atoms with E-state index in [1.807, 2.05) is 0 Å². The zero-order valence-electron chi connectivity index (χ0n) is 16.5. The SMILES string of the molecule is Cc1sc(N(C(=O)C2CC2)c2cc(F)nc(F)c2)nc1C(=O)NC1CCC1(C)C. The van der Waals surface area contributed by atoms with Gasteiger partial charge in [-0.15, -0.1) is 11.3 Å². The van der Waals surface area contributed by atoms with Crippen LogP contribution in [0.15, 0.2) is 12.1 Å². The highest BCUT2D eigenvalue weighted by molar-refractivity contribution is 7.16. The molecule has 6 nitrogen and oxygen atoms in total. The van der Waals surface area contributed by atoms with E-state index in [0.29, 0.717) is 4.88 Å². The van der Waals surface area contributed by atoms with E-state index < -0.39 is 11.9 Å². The summed E-state index contributed by atoms with van der Waals surface area (Å²) in [6, 6.07) is 2.07. The Morgan fingerprint density at radius 1 is 1.17 bits per heavy atom. The van der Waals surface area contributed by atoms with Gasteiger partial charge in [0.05, 0.1) is 5.69 Å². The summed E-state index contributed by atoms with van der Waals surface area (Å²) in [5.41, 5.74) is 0.298. The molecule has 154 valence electrons. The Morgan fingerprint density at radius 3 is 2.34 bits per heavy atom. The highest BCUT2D eigenvalue weighted by atomic mass is 32.1. The van der Waals surface area contributed by atoms with Gasteiger partial charge >= 0.3 is 0 Å². The lowest BCUT2D eigenvalue weighted by molar-refractivity contribution is -0.119. The summed E-state index contributed by atoms with van der Waals surface area (Å²) in [6.45, 7) is 5.95. The van der Waals surface area contributed by atoms with Gasteiger partial charge < -0.3 is 5.32 Å². The molecule has 0 saturated heterocycles. The Morgan fingerprint density at radius 2 is 1.83 bits per heavy atom. The van der Waals surface area contributed by atoms with E-state index in [1.165, 1.54) is 4.90 Å². The number of aromatic nitrogens is 2. The lowest BCUT2D eigenvalue weighted by Gasteiger charge is -2.44. The van der Waals surface area contributed by atoms with E-state index in [-0.39, 0.29) is 45.7 Å². The van der Waals surface area contributed by atoms with E-state index in [0.717, 1.165) is 49.2 Å². The molecular weight excluding hydrogens is 398 g/mol. The van der Waals surface area contributed by atoms with Crippen molar-refractivity contribution >= 4 is 34.0 Å². The van der Waals surface area contributed by atoms with Gasteiger partial charge in [-0.2, -0.15) is 13.8 Å². The van der Waals surface area contributed by atoms with Crippen molar-refractivity contribution in [2.45, 2.75) is 52.5 Å². The first kappa shape index (κ1) is 19.9. The fraction of sp³-hybridized carbons (Fsp3) is 0.500. The Balaban J connectivity index is 1.66. The van der Waals surface area contributed by atoms with Gasteiger partial charge in [-0.3, -0.25) is 14.5 Å². The van der Waals surface area contributed by atoms with Crippen LogP contribution in [0.1, 0.15) is 54.9 Å². The third-order valence-corrected chi connectivity index (χ3v) is 6.63. The third-order valence-electron chi connectivity index (χ3n) is 5.67. The molecule has 0 spiro atoms. The highest BCUT2D eigenvalue weighted by Gasteiger charge is 2.40. The number of nitrogens with zero attached hydrogens (tertiary/aromatic N) is 3. The maximum absolute atomic E-state index is 13.7. The van der Waals surface area contributed by atoms with Crippen LogP contribution in [-0.2, 0) is 4.79 Å². The number of amides is 2. The van der Waals surface area contributed by atoms with E-state index in [1.54, 1.807) is 6.92 Å². The Bertz CT molecular complexity index is 967. The molecule has 4 rings (SSSR count). The van der Waals surface area contributed by atoms with Gasteiger partial charge in [0, 0.05) is 29.0 Å². The van der Waals surface area contributed by atoms with Crippen molar-refractivity contribution < 1.29 is 18.4 Å². The Labute approximate surface area is 171 Å². The second kappa shape index (κ2) is 7.12. The number of aryl methyl sites for hydroxylation is 1. The van der Waals surface area contributed by atoms with E-state index in [2.05, 4.69) is 29.1 Å². The number of nitrogens with one attached hydrogen (secondary N) is 1. The van der Waals surface area contributed by atoms with Crippen LogP contribution < -0.4 is 10.2 Å². The fourth-order valence-electron chi connectivity index (χ4n) is 3.48. The zero-order valence-corrected chi connectivity index (χ0v) is 17.3. The summed E-state index contributed by atoms with van der Waals surface area (Å²) in [5, 5.41) is 3.23. The van der Waals surface area contributed by atoms with Crippen LogP contribution in [0.5, 0.6) is 0 Å². The van der Waals surface area contributed by atoms with Crippen molar-refractivity contribution in [3.8, 4) is 0 Å². The Kier molecular flexibility index (Phi) is 4.88.